The molecule has 2 fully saturated rings. The molecular weight excluding hydrogens is 292 g/mol. The second-order valence-corrected chi connectivity index (χ2v) is 8.05. The first-order valence-electron chi connectivity index (χ1n) is 7.51. The van der Waals surface area contributed by atoms with Crippen molar-refractivity contribution in [2.24, 2.45) is 16.5 Å². The molecule has 2 saturated heterocycles. The average molecular weight is 318 g/mol. The van der Waals surface area contributed by atoms with E-state index < -0.39 is 15.6 Å². The van der Waals surface area contributed by atoms with Crippen LogP contribution in [0.25, 0.3) is 0 Å². The molecule has 122 valence electrons. The lowest BCUT2D eigenvalue weighted by molar-refractivity contribution is -0.145. The molecule has 0 spiro atoms. The molecule has 0 radical (unpaired) electrons. The Labute approximate surface area is 127 Å². The minimum absolute atomic E-state index is 0.116. The maximum absolute atomic E-state index is 12.8. The van der Waals surface area contributed by atoms with Crippen molar-refractivity contribution in [3.8, 4) is 0 Å². The van der Waals surface area contributed by atoms with Gasteiger partial charge in [0.25, 0.3) is 10.2 Å². The van der Waals surface area contributed by atoms with Crippen molar-refractivity contribution in [1.29, 1.82) is 0 Å². The van der Waals surface area contributed by atoms with E-state index in [1.165, 1.54) is 4.31 Å². The van der Waals surface area contributed by atoms with Crippen molar-refractivity contribution < 1.29 is 13.2 Å². The molecule has 0 aromatic heterocycles. The number of piperazine rings is 1. The van der Waals surface area contributed by atoms with Gasteiger partial charge in [-0.2, -0.15) is 12.7 Å². The maximum atomic E-state index is 12.8. The fourth-order valence-corrected chi connectivity index (χ4v) is 3.87. The van der Waals surface area contributed by atoms with E-state index >= 15 is 0 Å². The third-order valence-corrected chi connectivity index (χ3v) is 5.84. The zero-order chi connectivity index (χ0) is 15.7. The van der Waals surface area contributed by atoms with Crippen molar-refractivity contribution in [1.82, 2.24) is 14.5 Å². The molecular formula is C13H26N4O3S. The van der Waals surface area contributed by atoms with Gasteiger partial charge in [-0.15, -0.1) is 0 Å². The number of rotatable bonds is 3. The molecule has 1 unspecified atom stereocenters. The molecule has 1 amide bonds. The molecule has 1 atom stereocenters. The van der Waals surface area contributed by atoms with Gasteiger partial charge in [-0.3, -0.25) is 4.79 Å². The topological polar surface area (TPSA) is 95.7 Å². The molecule has 0 aliphatic carbocycles. The molecule has 21 heavy (non-hydrogen) atoms. The first kappa shape index (κ1) is 16.7. The van der Waals surface area contributed by atoms with E-state index in [2.05, 4.69) is 5.32 Å². The first-order chi connectivity index (χ1) is 9.73. The average Bonchev–Trinajstić information content (AvgIpc) is 2.46. The van der Waals surface area contributed by atoms with Crippen LogP contribution in [0.1, 0.15) is 26.7 Å². The second-order valence-electron chi connectivity index (χ2n) is 6.50. The van der Waals surface area contributed by atoms with Crippen molar-refractivity contribution >= 4 is 16.1 Å². The summed E-state index contributed by atoms with van der Waals surface area (Å²) in [6.07, 6.45) is 2.16. The van der Waals surface area contributed by atoms with E-state index in [-0.39, 0.29) is 19.0 Å². The van der Waals surface area contributed by atoms with E-state index in [0.717, 1.165) is 25.9 Å². The summed E-state index contributed by atoms with van der Waals surface area (Å²) < 4.78 is 23.8. The van der Waals surface area contributed by atoms with E-state index in [1.807, 2.05) is 13.8 Å². The number of amides is 1. The summed E-state index contributed by atoms with van der Waals surface area (Å²) in [4.78, 5) is 14.5. The lowest BCUT2D eigenvalue weighted by Crippen LogP contribution is -2.56. The van der Waals surface area contributed by atoms with Gasteiger partial charge in [-0.1, -0.05) is 13.8 Å². The van der Waals surface area contributed by atoms with E-state index in [9.17, 15) is 13.2 Å². The zero-order valence-corrected chi connectivity index (χ0v) is 13.7. The highest BCUT2D eigenvalue weighted by atomic mass is 32.2. The van der Waals surface area contributed by atoms with Gasteiger partial charge in [0.05, 0.1) is 0 Å². The van der Waals surface area contributed by atoms with Crippen LogP contribution in [-0.4, -0.2) is 62.8 Å². The van der Waals surface area contributed by atoms with Gasteiger partial charge in [-0.25, -0.2) is 5.14 Å². The lowest BCUT2D eigenvalue weighted by atomic mass is 9.74. The standard InChI is InChI=1S/C13H26N4O3S/c1-13(2,11-4-3-5-15-10-11)12(18)16-6-8-17(9-7-16)21(14,19)20/h11,15H,3-10H2,1-2H3,(H2,14,19,20). The fourth-order valence-electron chi connectivity index (χ4n) is 3.20. The Kier molecular flexibility index (Phi) is 4.92. The molecule has 0 aromatic rings. The van der Waals surface area contributed by atoms with Crippen LogP contribution in [0.5, 0.6) is 0 Å². The smallest absolute Gasteiger partial charge is 0.277 e. The largest absolute Gasteiger partial charge is 0.340 e. The predicted molar refractivity (Wildman–Crippen MR) is 80.6 cm³/mol. The van der Waals surface area contributed by atoms with Crippen molar-refractivity contribution in [2.45, 2.75) is 26.7 Å². The number of nitrogens with zero attached hydrogens (tertiary/aromatic N) is 2. The van der Waals surface area contributed by atoms with Gasteiger partial charge in [-0.05, 0) is 31.8 Å². The van der Waals surface area contributed by atoms with Crippen LogP contribution in [0.15, 0.2) is 0 Å². The van der Waals surface area contributed by atoms with Gasteiger partial charge in [0.1, 0.15) is 0 Å². The van der Waals surface area contributed by atoms with Gasteiger partial charge < -0.3 is 10.2 Å². The van der Waals surface area contributed by atoms with Crippen molar-refractivity contribution in [3.63, 3.8) is 0 Å². The molecule has 3 N–H and O–H groups in total. The monoisotopic (exact) mass is 318 g/mol. The predicted octanol–water partition coefficient (Wildman–Crippen LogP) is -0.640. The Hall–Kier alpha value is -0.700. The summed E-state index contributed by atoms with van der Waals surface area (Å²) in [6, 6.07) is 0. The Morgan fingerprint density at radius 3 is 2.33 bits per heavy atom. The SMILES string of the molecule is CC(C)(C(=O)N1CCN(S(N)(=O)=O)CC1)C1CCCNC1. The lowest BCUT2D eigenvalue weighted by Gasteiger charge is -2.42. The normalized spacial score (nSPS) is 25.9. The van der Waals surface area contributed by atoms with E-state index in [0.29, 0.717) is 19.0 Å². The maximum Gasteiger partial charge on any atom is 0.277 e. The summed E-state index contributed by atoms with van der Waals surface area (Å²) in [5.41, 5.74) is -0.419. The molecule has 2 heterocycles. The highest BCUT2D eigenvalue weighted by molar-refractivity contribution is 7.86. The van der Waals surface area contributed by atoms with Crippen LogP contribution in [0.2, 0.25) is 0 Å². The van der Waals surface area contributed by atoms with Gasteiger partial charge >= 0.3 is 0 Å². The van der Waals surface area contributed by atoms with Crippen molar-refractivity contribution in [3.05, 3.63) is 0 Å². The zero-order valence-electron chi connectivity index (χ0n) is 12.8. The minimum atomic E-state index is -3.65. The van der Waals surface area contributed by atoms with Gasteiger partial charge in [0.2, 0.25) is 5.91 Å². The molecule has 0 bridgehead atoms. The third-order valence-electron chi connectivity index (χ3n) is 4.75. The Bertz CT molecular complexity index is 478. The molecule has 7 nitrogen and oxygen atoms in total. The number of hydrogen-bond acceptors (Lipinski definition) is 4. The Morgan fingerprint density at radius 2 is 1.86 bits per heavy atom. The summed E-state index contributed by atoms with van der Waals surface area (Å²) in [7, 11) is -3.65. The van der Waals surface area contributed by atoms with E-state index in [1.54, 1.807) is 4.90 Å². The number of carbonyl (C=O) groups is 1. The van der Waals surface area contributed by atoms with Crippen LogP contribution in [0.4, 0.5) is 0 Å². The molecule has 2 rings (SSSR count). The molecule has 2 aliphatic heterocycles. The fraction of sp³-hybridized carbons (Fsp3) is 0.923. The van der Waals surface area contributed by atoms with Crippen LogP contribution in [0, 0.1) is 11.3 Å². The number of nitrogens with one attached hydrogen (secondary N) is 1. The number of piperidine rings is 1. The summed E-state index contributed by atoms with van der Waals surface area (Å²) in [5.74, 6) is 0.445. The Balaban J connectivity index is 1.97. The first-order valence-corrected chi connectivity index (χ1v) is 9.01. The number of hydrogen-bond donors (Lipinski definition) is 2. The quantitative estimate of drug-likeness (QED) is 0.723. The van der Waals surface area contributed by atoms with E-state index in [4.69, 9.17) is 5.14 Å². The van der Waals surface area contributed by atoms with Crippen LogP contribution in [-0.2, 0) is 15.0 Å². The highest BCUT2D eigenvalue weighted by Gasteiger charge is 2.41. The second kappa shape index (κ2) is 6.20. The molecule has 2 aliphatic rings. The van der Waals surface area contributed by atoms with Crippen LogP contribution < -0.4 is 10.5 Å². The molecule has 0 aromatic carbocycles. The Morgan fingerprint density at radius 1 is 1.24 bits per heavy atom. The summed E-state index contributed by atoms with van der Waals surface area (Å²) in [5, 5.41) is 8.47. The third kappa shape index (κ3) is 3.74. The van der Waals surface area contributed by atoms with Crippen molar-refractivity contribution in [2.75, 3.05) is 39.3 Å². The molecule has 0 saturated carbocycles. The minimum Gasteiger partial charge on any atom is -0.340 e. The van der Waals surface area contributed by atoms with Crippen LogP contribution >= 0.6 is 0 Å². The highest BCUT2D eigenvalue weighted by Crippen LogP contribution is 2.34. The van der Waals surface area contributed by atoms with Gasteiger partial charge in [0, 0.05) is 31.6 Å². The van der Waals surface area contributed by atoms with Crippen LogP contribution in [0.3, 0.4) is 0 Å². The van der Waals surface area contributed by atoms with Gasteiger partial charge in [0.15, 0.2) is 0 Å². The summed E-state index contributed by atoms with van der Waals surface area (Å²) >= 11 is 0. The number of carbonyl (C=O) groups excluding carboxylic acids is 1. The molecule has 8 heteroatoms. The number of nitrogens with two attached hydrogens (primary N) is 1. The summed E-state index contributed by atoms with van der Waals surface area (Å²) in [6.45, 7) is 7.28.